The maximum absolute atomic E-state index is 13.7. The zero-order chi connectivity index (χ0) is 32.1. The summed E-state index contributed by atoms with van der Waals surface area (Å²) < 4.78 is 10.2. The van der Waals surface area contributed by atoms with Crippen LogP contribution in [-0.4, -0.2) is 84.3 Å². The summed E-state index contributed by atoms with van der Waals surface area (Å²) in [4.78, 5) is 40.8. The first-order valence-corrected chi connectivity index (χ1v) is 16.2. The molecule has 47 heavy (non-hydrogen) atoms. The van der Waals surface area contributed by atoms with Crippen LogP contribution in [0.1, 0.15) is 24.1 Å². The highest BCUT2D eigenvalue weighted by Crippen LogP contribution is 2.30. The van der Waals surface area contributed by atoms with Gasteiger partial charge in [-0.1, -0.05) is 0 Å². The SMILES string of the molecule is Cn1cc(-c2ccnc(-n3ncc4c5n(cc4c3=O)CCCC5)c2CO)cc(Nc2ccc(N3CCN(C4COC4)CC3)cn2)c1=O. The molecule has 2 saturated heterocycles. The molecule has 0 spiro atoms. The van der Waals surface area contributed by atoms with Crippen molar-refractivity contribution in [2.24, 2.45) is 7.05 Å². The third-order valence-electron chi connectivity index (χ3n) is 9.73. The molecule has 2 N–H and O–H groups in total. The van der Waals surface area contributed by atoms with E-state index in [4.69, 9.17) is 4.74 Å². The van der Waals surface area contributed by atoms with Gasteiger partial charge < -0.3 is 29.2 Å². The second-order valence-electron chi connectivity index (χ2n) is 12.5. The monoisotopic (exact) mass is 635 g/mol. The van der Waals surface area contributed by atoms with E-state index in [1.165, 1.54) is 9.25 Å². The third kappa shape index (κ3) is 5.29. The summed E-state index contributed by atoms with van der Waals surface area (Å²) >= 11 is 0. The maximum atomic E-state index is 13.7. The van der Waals surface area contributed by atoms with Gasteiger partial charge in [-0.2, -0.15) is 9.78 Å². The summed E-state index contributed by atoms with van der Waals surface area (Å²) in [7, 11) is 1.68. The van der Waals surface area contributed by atoms with Gasteiger partial charge in [-0.25, -0.2) is 9.97 Å². The van der Waals surface area contributed by atoms with Crippen molar-refractivity contribution in [2.45, 2.75) is 38.5 Å². The number of aryl methyl sites for hydroxylation is 3. The molecule has 3 aliphatic heterocycles. The van der Waals surface area contributed by atoms with Crippen LogP contribution in [0.15, 0.2) is 64.8 Å². The molecule has 0 aliphatic carbocycles. The van der Waals surface area contributed by atoms with E-state index in [1.54, 1.807) is 37.8 Å². The zero-order valence-corrected chi connectivity index (χ0v) is 26.3. The summed E-state index contributed by atoms with van der Waals surface area (Å²) in [5.74, 6) is 0.800. The molecule has 8 heterocycles. The van der Waals surface area contributed by atoms with E-state index in [0.29, 0.717) is 39.6 Å². The summed E-state index contributed by atoms with van der Waals surface area (Å²) in [6.07, 6.45) is 11.9. The molecule has 0 atom stereocenters. The zero-order valence-electron chi connectivity index (χ0n) is 26.3. The highest BCUT2D eigenvalue weighted by Gasteiger charge is 2.29. The number of nitrogens with zero attached hydrogens (tertiary/aromatic N) is 8. The minimum atomic E-state index is -0.381. The highest BCUT2D eigenvalue weighted by molar-refractivity contribution is 5.84. The second-order valence-corrected chi connectivity index (χ2v) is 12.5. The van der Waals surface area contributed by atoms with Crippen molar-refractivity contribution < 1.29 is 9.84 Å². The lowest BCUT2D eigenvalue weighted by atomic mass is 10.0. The molecule has 242 valence electrons. The van der Waals surface area contributed by atoms with Crippen molar-refractivity contribution in [3.05, 3.63) is 87.2 Å². The van der Waals surface area contributed by atoms with Crippen LogP contribution in [0.5, 0.6) is 0 Å². The second kappa shape index (κ2) is 12.1. The number of ether oxygens (including phenoxy) is 1. The minimum absolute atomic E-state index is 0.225. The third-order valence-corrected chi connectivity index (χ3v) is 9.73. The van der Waals surface area contributed by atoms with E-state index in [2.05, 4.69) is 34.8 Å². The Kier molecular flexibility index (Phi) is 7.58. The lowest BCUT2D eigenvalue weighted by Gasteiger charge is -2.43. The topological polar surface area (TPSA) is 136 Å². The van der Waals surface area contributed by atoms with Gasteiger partial charge in [-0.3, -0.25) is 14.5 Å². The average Bonchev–Trinajstić information content (AvgIpc) is 3.46. The van der Waals surface area contributed by atoms with Gasteiger partial charge in [0, 0.05) is 80.6 Å². The van der Waals surface area contributed by atoms with Crippen LogP contribution in [0.3, 0.4) is 0 Å². The van der Waals surface area contributed by atoms with Crippen LogP contribution >= 0.6 is 0 Å². The maximum Gasteiger partial charge on any atom is 0.282 e. The van der Waals surface area contributed by atoms with Crippen LogP contribution in [-0.2, 0) is 31.4 Å². The number of piperazine rings is 1. The lowest BCUT2D eigenvalue weighted by Crippen LogP contribution is -2.56. The molecule has 5 aromatic rings. The van der Waals surface area contributed by atoms with Crippen LogP contribution in [0.4, 0.5) is 17.2 Å². The Labute approximate surface area is 270 Å². The van der Waals surface area contributed by atoms with Crippen LogP contribution in [0.25, 0.3) is 27.7 Å². The van der Waals surface area contributed by atoms with Crippen molar-refractivity contribution in [3.8, 4) is 16.9 Å². The van der Waals surface area contributed by atoms with Crippen LogP contribution < -0.4 is 21.3 Å². The summed E-state index contributed by atoms with van der Waals surface area (Å²) in [5.41, 5.74) is 3.74. The van der Waals surface area contributed by atoms with Crippen molar-refractivity contribution in [1.29, 1.82) is 0 Å². The predicted molar refractivity (Wildman–Crippen MR) is 179 cm³/mol. The number of aromatic nitrogens is 6. The fourth-order valence-electron chi connectivity index (χ4n) is 7.02. The summed E-state index contributed by atoms with van der Waals surface area (Å²) in [6, 6.07) is 7.95. The molecule has 0 saturated carbocycles. The van der Waals surface area contributed by atoms with E-state index in [0.717, 1.165) is 82.0 Å². The molecular weight excluding hydrogens is 598 g/mol. The number of fused-ring (bicyclic) bond motifs is 3. The van der Waals surface area contributed by atoms with E-state index >= 15 is 0 Å². The molecule has 0 unspecified atom stereocenters. The number of nitrogens with one attached hydrogen (secondary N) is 1. The number of aliphatic hydroxyl groups excluding tert-OH is 1. The molecule has 0 amide bonds. The molecule has 3 aliphatic rings. The quantitative estimate of drug-likeness (QED) is 0.275. The molecule has 0 radical (unpaired) electrons. The number of pyridine rings is 3. The van der Waals surface area contributed by atoms with E-state index in [9.17, 15) is 14.7 Å². The Bertz CT molecular complexity index is 2070. The van der Waals surface area contributed by atoms with Crippen molar-refractivity contribution in [2.75, 3.05) is 49.6 Å². The number of rotatable bonds is 7. The van der Waals surface area contributed by atoms with Gasteiger partial charge in [0.15, 0.2) is 5.82 Å². The molecule has 8 rings (SSSR count). The Balaban J connectivity index is 1.07. The normalized spacial score (nSPS) is 17.1. The summed E-state index contributed by atoms with van der Waals surface area (Å²) in [5, 5.41) is 19.7. The van der Waals surface area contributed by atoms with Crippen molar-refractivity contribution in [3.63, 3.8) is 0 Å². The van der Waals surface area contributed by atoms with E-state index < -0.39 is 0 Å². The average molecular weight is 636 g/mol. The Morgan fingerprint density at radius 2 is 1.81 bits per heavy atom. The van der Waals surface area contributed by atoms with Gasteiger partial charge in [0.1, 0.15) is 11.5 Å². The molecule has 0 bridgehead atoms. The molecule has 2 fully saturated rings. The van der Waals surface area contributed by atoms with Crippen LogP contribution in [0.2, 0.25) is 0 Å². The largest absolute Gasteiger partial charge is 0.392 e. The fraction of sp³-hybridized carbons (Fsp3) is 0.382. The number of aliphatic hydroxyl groups is 1. The van der Waals surface area contributed by atoms with Gasteiger partial charge in [-0.15, -0.1) is 0 Å². The first kappa shape index (κ1) is 29.5. The van der Waals surface area contributed by atoms with E-state index in [1.807, 2.05) is 24.5 Å². The Morgan fingerprint density at radius 3 is 2.55 bits per heavy atom. The predicted octanol–water partition coefficient (Wildman–Crippen LogP) is 2.44. The van der Waals surface area contributed by atoms with Gasteiger partial charge in [0.2, 0.25) is 0 Å². The fourth-order valence-corrected chi connectivity index (χ4v) is 7.02. The number of anilines is 3. The van der Waals surface area contributed by atoms with Crippen molar-refractivity contribution in [1.82, 2.24) is 33.8 Å². The van der Waals surface area contributed by atoms with Crippen molar-refractivity contribution >= 4 is 28.0 Å². The molecule has 5 aromatic heterocycles. The number of hydrogen-bond donors (Lipinski definition) is 2. The Hall–Kier alpha value is -4.85. The lowest BCUT2D eigenvalue weighted by molar-refractivity contribution is -0.0660. The van der Waals surface area contributed by atoms with Gasteiger partial charge in [-0.05, 0) is 49.1 Å². The standard InChI is InChI=1S/C34H37N9O4/c1-39-17-22(14-29(34(39)46)38-31-6-5-23(15-36-31)40-10-12-41(13-11-40)24-20-47-21-24)25-7-8-35-32(28(25)19-44)43-33(45)27-18-42-9-3-2-4-30(42)26(27)16-37-43/h5-8,14-18,24,44H,2-4,9-13,19-21H2,1H3,(H,36,38). The minimum Gasteiger partial charge on any atom is -0.392 e. The highest BCUT2D eigenvalue weighted by atomic mass is 16.5. The smallest absolute Gasteiger partial charge is 0.282 e. The Morgan fingerprint density at radius 1 is 0.957 bits per heavy atom. The van der Waals surface area contributed by atoms with Gasteiger partial charge in [0.25, 0.3) is 11.1 Å². The van der Waals surface area contributed by atoms with E-state index in [-0.39, 0.29) is 23.5 Å². The van der Waals surface area contributed by atoms with Gasteiger partial charge in [0.05, 0.1) is 49.3 Å². The summed E-state index contributed by atoms with van der Waals surface area (Å²) in [6.45, 7) is 6.01. The first-order chi connectivity index (χ1) is 23.0. The molecule has 13 heteroatoms. The first-order valence-electron chi connectivity index (χ1n) is 16.2. The van der Waals surface area contributed by atoms with Crippen LogP contribution in [0, 0.1) is 0 Å². The number of hydrogen-bond acceptors (Lipinski definition) is 10. The molecule has 0 aromatic carbocycles. The molecular formula is C34H37N9O4. The molecule has 13 nitrogen and oxygen atoms in total. The van der Waals surface area contributed by atoms with Gasteiger partial charge >= 0.3 is 0 Å².